The van der Waals surface area contributed by atoms with E-state index in [1.165, 1.54) is 19.2 Å². The Morgan fingerprint density at radius 3 is 2.42 bits per heavy atom. The van der Waals surface area contributed by atoms with Gasteiger partial charge >= 0.3 is 12.1 Å². The SMILES string of the molecule is COc1cc(N)c(Cl)cc1C(=O)OCCN1CCN(C(=O)CCCCCNC(=O)OC(C)(C)C)CC1. The number of nitrogens with one attached hydrogen (secondary N) is 1. The van der Waals surface area contributed by atoms with Crippen molar-refractivity contribution in [2.75, 3.05) is 58.7 Å². The first kappa shape index (κ1) is 29.5. The molecule has 0 spiro atoms. The molecule has 0 atom stereocenters. The summed E-state index contributed by atoms with van der Waals surface area (Å²) in [5.74, 6) is -0.0642. The van der Waals surface area contributed by atoms with E-state index < -0.39 is 17.7 Å². The number of anilines is 1. The topological polar surface area (TPSA) is 123 Å². The standard InChI is InChI=1S/C25H39ClN4O6/c1-25(2,3)36-24(33)28-9-7-5-6-8-22(31)30-12-10-29(11-13-30)14-15-35-23(32)18-16-19(26)20(27)17-21(18)34-4/h16-17H,5-15,27H2,1-4H3,(H,28,33). The van der Waals surface area contributed by atoms with Crippen LogP contribution in [0.5, 0.6) is 5.75 Å². The first-order valence-corrected chi connectivity index (χ1v) is 12.6. The molecule has 1 aliphatic heterocycles. The van der Waals surface area contributed by atoms with Crippen LogP contribution in [0.25, 0.3) is 0 Å². The summed E-state index contributed by atoms with van der Waals surface area (Å²) in [5.41, 5.74) is 5.80. The van der Waals surface area contributed by atoms with Crippen molar-refractivity contribution < 1.29 is 28.6 Å². The van der Waals surface area contributed by atoms with Gasteiger partial charge in [-0.2, -0.15) is 0 Å². The summed E-state index contributed by atoms with van der Waals surface area (Å²) in [6, 6.07) is 2.94. The van der Waals surface area contributed by atoms with Crippen LogP contribution in [-0.2, 0) is 14.3 Å². The van der Waals surface area contributed by atoms with Crippen LogP contribution in [0.1, 0.15) is 56.8 Å². The Kier molecular flexibility index (Phi) is 11.6. The predicted molar refractivity (Wildman–Crippen MR) is 138 cm³/mol. The second-order valence-electron chi connectivity index (χ2n) is 9.67. The number of carbonyl (C=O) groups is 3. The summed E-state index contributed by atoms with van der Waals surface area (Å²) in [4.78, 5) is 40.6. The molecule has 36 heavy (non-hydrogen) atoms. The molecule has 0 radical (unpaired) electrons. The number of hydrogen-bond donors (Lipinski definition) is 2. The van der Waals surface area contributed by atoms with Gasteiger partial charge in [0.25, 0.3) is 0 Å². The molecule has 1 fully saturated rings. The van der Waals surface area contributed by atoms with Gasteiger partial charge in [-0.3, -0.25) is 9.69 Å². The third-order valence-electron chi connectivity index (χ3n) is 5.64. The number of carbonyl (C=O) groups excluding carboxylic acids is 3. The van der Waals surface area contributed by atoms with E-state index in [0.717, 1.165) is 32.4 Å². The number of nitrogens with two attached hydrogens (primary N) is 1. The summed E-state index contributed by atoms with van der Waals surface area (Å²) in [6.07, 6.45) is 2.52. The lowest BCUT2D eigenvalue weighted by atomic mass is 10.1. The van der Waals surface area contributed by atoms with Crippen LogP contribution in [0.15, 0.2) is 12.1 Å². The molecule has 0 unspecified atom stereocenters. The summed E-state index contributed by atoms with van der Waals surface area (Å²) < 4.78 is 15.8. The van der Waals surface area contributed by atoms with E-state index in [1.807, 2.05) is 25.7 Å². The van der Waals surface area contributed by atoms with Gasteiger partial charge in [0.05, 0.1) is 17.8 Å². The quantitative estimate of drug-likeness (QED) is 0.256. The summed E-state index contributed by atoms with van der Waals surface area (Å²) in [7, 11) is 1.45. The van der Waals surface area contributed by atoms with E-state index >= 15 is 0 Å². The Morgan fingerprint density at radius 2 is 1.78 bits per heavy atom. The number of esters is 1. The Hall–Kier alpha value is -2.72. The van der Waals surface area contributed by atoms with Crippen LogP contribution in [0.3, 0.4) is 0 Å². The molecule has 2 amide bonds. The van der Waals surface area contributed by atoms with Gasteiger partial charge in [0.15, 0.2) is 0 Å². The van der Waals surface area contributed by atoms with Crippen molar-refractivity contribution in [3.05, 3.63) is 22.7 Å². The number of halogens is 1. The number of amides is 2. The summed E-state index contributed by atoms with van der Waals surface area (Å²) in [6.45, 7) is 9.53. The fourth-order valence-electron chi connectivity index (χ4n) is 3.70. The minimum absolute atomic E-state index is 0.147. The van der Waals surface area contributed by atoms with Gasteiger partial charge in [-0.05, 0) is 39.7 Å². The smallest absolute Gasteiger partial charge is 0.407 e. The maximum atomic E-state index is 12.5. The lowest BCUT2D eigenvalue weighted by Crippen LogP contribution is -2.49. The zero-order chi connectivity index (χ0) is 26.7. The highest BCUT2D eigenvalue weighted by Gasteiger charge is 2.22. The van der Waals surface area contributed by atoms with Gasteiger partial charge in [-0.15, -0.1) is 0 Å². The van der Waals surface area contributed by atoms with E-state index in [4.69, 9.17) is 31.5 Å². The van der Waals surface area contributed by atoms with Crippen molar-refractivity contribution in [2.24, 2.45) is 0 Å². The van der Waals surface area contributed by atoms with Gasteiger partial charge in [-0.25, -0.2) is 9.59 Å². The first-order valence-electron chi connectivity index (χ1n) is 12.3. The highest BCUT2D eigenvalue weighted by Crippen LogP contribution is 2.29. The van der Waals surface area contributed by atoms with Gasteiger partial charge in [0.2, 0.25) is 5.91 Å². The van der Waals surface area contributed by atoms with E-state index in [9.17, 15) is 14.4 Å². The van der Waals surface area contributed by atoms with Crippen LogP contribution < -0.4 is 15.8 Å². The molecule has 202 valence electrons. The van der Waals surface area contributed by atoms with Gasteiger partial charge < -0.3 is 30.2 Å². The number of rotatable bonds is 11. The fourth-order valence-corrected chi connectivity index (χ4v) is 3.87. The molecule has 0 aromatic heterocycles. The van der Waals surface area contributed by atoms with Crippen LogP contribution in [0.4, 0.5) is 10.5 Å². The van der Waals surface area contributed by atoms with E-state index in [1.54, 1.807) is 0 Å². The fraction of sp³-hybridized carbons (Fsp3) is 0.640. The highest BCUT2D eigenvalue weighted by molar-refractivity contribution is 6.33. The van der Waals surface area contributed by atoms with Gasteiger partial charge in [-0.1, -0.05) is 18.0 Å². The first-order chi connectivity index (χ1) is 17.0. The zero-order valence-corrected chi connectivity index (χ0v) is 22.5. The lowest BCUT2D eigenvalue weighted by Gasteiger charge is -2.34. The van der Waals surface area contributed by atoms with E-state index in [-0.39, 0.29) is 23.1 Å². The molecular formula is C25H39ClN4O6. The maximum Gasteiger partial charge on any atom is 0.407 e. The molecule has 3 N–H and O–H groups in total. The summed E-state index contributed by atoms with van der Waals surface area (Å²) in [5, 5.41) is 2.99. The number of nitrogen functional groups attached to an aromatic ring is 1. The van der Waals surface area contributed by atoms with Crippen LogP contribution in [0.2, 0.25) is 5.02 Å². The van der Waals surface area contributed by atoms with Crippen molar-refractivity contribution in [3.63, 3.8) is 0 Å². The number of methoxy groups -OCH3 is 1. The zero-order valence-electron chi connectivity index (χ0n) is 21.7. The molecule has 11 heteroatoms. The molecule has 1 aromatic rings. The van der Waals surface area contributed by atoms with Crippen molar-refractivity contribution in [3.8, 4) is 5.75 Å². The molecule has 2 rings (SSSR count). The number of alkyl carbamates (subject to hydrolysis) is 1. The minimum Gasteiger partial charge on any atom is -0.496 e. The summed E-state index contributed by atoms with van der Waals surface area (Å²) >= 11 is 6.02. The number of piperazine rings is 1. The van der Waals surface area contributed by atoms with Crippen LogP contribution in [-0.4, -0.2) is 86.4 Å². The Balaban J connectivity index is 1.59. The molecule has 0 aliphatic carbocycles. The van der Waals surface area contributed by atoms with Crippen molar-refractivity contribution in [1.82, 2.24) is 15.1 Å². The van der Waals surface area contributed by atoms with E-state index in [0.29, 0.717) is 44.0 Å². The highest BCUT2D eigenvalue weighted by atomic mass is 35.5. The van der Waals surface area contributed by atoms with Gasteiger partial charge in [0, 0.05) is 51.8 Å². The molecule has 1 aromatic carbocycles. The second-order valence-corrected chi connectivity index (χ2v) is 10.1. The molecule has 1 heterocycles. The maximum absolute atomic E-state index is 12.5. The average Bonchev–Trinajstić information content (AvgIpc) is 2.81. The number of hydrogen-bond acceptors (Lipinski definition) is 8. The normalized spacial score (nSPS) is 14.3. The van der Waals surface area contributed by atoms with Crippen LogP contribution in [0, 0.1) is 0 Å². The number of ether oxygens (including phenoxy) is 3. The molecule has 0 saturated carbocycles. The predicted octanol–water partition coefficient (Wildman–Crippen LogP) is 3.32. The molecule has 10 nitrogen and oxygen atoms in total. The molecule has 1 saturated heterocycles. The minimum atomic E-state index is -0.524. The van der Waals surface area contributed by atoms with Crippen molar-refractivity contribution in [1.29, 1.82) is 0 Å². The third-order valence-corrected chi connectivity index (χ3v) is 5.97. The lowest BCUT2D eigenvalue weighted by molar-refractivity contribution is -0.133. The Labute approximate surface area is 218 Å². The van der Waals surface area contributed by atoms with Gasteiger partial charge in [0.1, 0.15) is 23.5 Å². The average molecular weight is 527 g/mol. The number of unbranched alkanes of at least 4 members (excludes halogenated alkanes) is 2. The monoisotopic (exact) mass is 526 g/mol. The molecule has 0 bridgehead atoms. The second kappa shape index (κ2) is 14.1. The largest absolute Gasteiger partial charge is 0.496 e. The molecule has 1 aliphatic rings. The molecular weight excluding hydrogens is 488 g/mol. The third kappa shape index (κ3) is 10.1. The van der Waals surface area contributed by atoms with Crippen molar-refractivity contribution >= 4 is 35.3 Å². The Bertz CT molecular complexity index is 897. The Morgan fingerprint density at radius 1 is 1.08 bits per heavy atom. The number of nitrogens with zero attached hydrogens (tertiary/aromatic N) is 2. The van der Waals surface area contributed by atoms with Crippen molar-refractivity contribution in [2.45, 2.75) is 52.1 Å². The number of benzene rings is 1. The van der Waals surface area contributed by atoms with Crippen LogP contribution >= 0.6 is 11.6 Å². The van der Waals surface area contributed by atoms with E-state index in [2.05, 4.69) is 10.2 Å².